The van der Waals surface area contributed by atoms with E-state index in [1.54, 1.807) is 0 Å². The van der Waals surface area contributed by atoms with Crippen LogP contribution in [0.4, 0.5) is 0 Å². The van der Waals surface area contributed by atoms with Crippen LogP contribution < -0.4 is 5.32 Å². The molecule has 0 saturated carbocycles. The van der Waals surface area contributed by atoms with Crippen molar-refractivity contribution < 1.29 is 13.2 Å². The maximum Gasteiger partial charge on any atom is 0.238 e. The lowest BCUT2D eigenvalue weighted by atomic mass is 10.1. The average Bonchev–Trinajstić information content (AvgIpc) is 2.62. The molecule has 0 aliphatic heterocycles. The molecule has 2 rings (SSSR count). The van der Waals surface area contributed by atoms with Gasteiger partial charge in [0, 0.05) is 0 Å². The highest BCUT2D eigenvalue weighted by molar-refractivity contribution is 7.92. The molecule has 5 heteroatoms. The van der Waals surface area contributed by atoms with Gasteiger partial charge in [-0.2, -0.15) is 0 Å². The summed E-state index contributed by atoms with van der Waals surface area (Å²) in [5.74, 6) is -0.438. The van der Waals surface area contributed by atoms with E-state index in [-0.39, 0.29) is 11.8 Å². The molecule has 25 heavy (non-hydrogen) atoms. The van der Waals surface area contributed by atoms with Crippen LogP contribution in [0.2, 0.25) is 0 Å². The van der Waals surface area contributed by atoms with Gasteiger partial charge in [-0.05, 0) is 37.8 Å². The van der Waals surface area contributed by atoms with E-state index < -0.39 is 21.0 Å². The van der Waals surface area contributed by atoms with E-state index in [1.807, 2.05) is 67.6 Å². The molecule has 0 spiro atoms. The van der Waals surface area contributed by atoms with Gasteiger partial charge >= 0.3 is 0 Å². The van der Waals surface area contributed by atoms with E-state index in [4.69, 9.17) is 0 Å². The number of carbonyl (C=O) groups excluding carboxylic acids is 1. The quantitative estimate of drug-likeness (QED) is 0.786. The van der Waals surface area contributed by atoms with E-state index in [9.17, 15) is 13.2 Å². The zero-order valence-corrected chi connectivity index (χ0v) is 15.5. The van der Waals surface area contributed by atoms with Crippen LogP contribution in [0.5, 0.6) is 0 Å². The van der Waals surface area contributed by atoms with Crippen molar-refractivity contribution >= 4 is 15.7 Å². The summed E-state index contributed by atoms with van der Waals surface area (Å²) < 4.78 is 24.8. The number of hydrogen-bond donors (Lipinski definition) is 1. The second kappa shape index (κ2) is 8.81. The molecule has 0 aromatic heterocycles. The summed E-state index contributed by atoms with van der Waals surface area (Å²) in [4.78, 5) is 12.3. The normalized spacial score (nSPS) is 13.8. The van der Waals surface area contributed by atoms with Crippen LogP contribution in [0.1, 0.15) is 37.4 Å². The lowest BCUT2D eigenvalue weighted by Crippen LogP contribution is -2.40. The van der Waals surface area contributed by atoms with Crippen LogP contribution in [0.15, 0.2) is 60.7 Å². The first-order valence-electron chi connectivity index (χ1n) is 8.51. The highest BCUT2D eigenvalue weighted by Crippen LogP contribution is 2.13. The van der Waals surface area contributed by atoms with Gasteiger partial charge in [-0.3, -0.25) is 4.79 Å². The largest absolute Gasteiger partial charge is 0.348 e. The number of benzene rings is 2. The topological polar surface area (TPSA) is 63.2 Å². The van der Waals surface area contributed by atoms with E-state index in [2.05, 4.69) is 5.32 Å². The minimum absolute atomic E-state index is 0.0101. The van der Waals surface area contributed by atoms with Crippen molar-refractivity contribution in [1.29, 1.82) is 0 Å². The second-order valence-electron chi connectivity index (χ2n) is 6.24. The molecule has 0 aliphatic rings. The molecule has 0 aliphatic carbocycles. The van der Waals surface area contributed by atoms with Crippen LogP contribution in [-0.2, 0) is 21.1 Å². The van der Waals surface area contributed by atoms with Crippen LogP contribution >= 0.6 is 0 Å². The Morgan fingerprint density at radius 2 is 1.52 bits per heavy atom. The maximum atomic E-state index is 12.4. The van der Waals surface area contributed by atoms with E-state index in [0.717, 1.165) is 11.1 Å². The van der Waals surface area contributed by atoms with Crippen LogP contribution in [0, 0.1) is 0 Å². The minimum Gasteiger partial charge on any atom is -0.348 e. The molecule has 1 amide bonds. The molecule has 134 valence electrons. The summed E-state index contributed by atoms with van der Waals surface area (Å²) in [7, 11) is -3.47. The zero-order valence-electron chi connectivity index (χ0n) is 14.7. The summed E-state index contributed by atoms with van der Waals surface area (Å²) in [6, 6.07) is 19.0. The van der Waals surface area contributed by atoms with Gasteiger partial charge < -0.3 is 5.32 Å². The molecule has 1 N–H and O–H groups in total. The van der Waals surface area contributed by atoms with E-state index in [1.165, 1.54) is 6.92 Å². The smallest absolute Gasteiger partial charge is 0.238 e. The third-order valence-corrected chi connectivity index (χ3v) is 6.45. The van der Waals surface area contributed by atoms with Gasteiger partial charge in [0.15, 0.2) is 9.84 Å². The molecule has 4 nitrogen and oxygen atoms in total. The Morgan fingerprint density at radius 1 is 0.960 bits per heavy atom. The number of sulfone groups is 1. The summed E-state index contributed by atoms with van der Waals surface area (Å²) in [5.41, 5.74) is 2.05. The fourth-order valence-corrected chi connectivity index (χ4v) is 3.91. The molecular weight excluding hydrogens is 334 g/mol. The minimum atomic E-state index is -3.47. The Kier molecular flexibility index (Phi) is 6.76. The van der Waals surface area contributed by atoms with E-state index >= 15 is 0 Å². The average molecular weight is 359 g/mol. The van der Waals surface area contributed by atoms with E-state index in [0.29, 0.717) is 12.8 Å². The summed E-state index contributed by atoms with van der Waals surface area (Å²) >= 11 is 0. The maximum absolute atomic E-state index is 12.4. The Labute approximate surface area is 150 Å². The highest BCUT2D eigenvalue weighted by Gasteiger charge is 2.28. The molecule has 0 radical (unpaired) electrons. The fraction of sp³-hybridized carbons (Fsp3) is 0.350. The number of rotatable bonds is 8. The van der Waals surface area contributed by atoms with Crippen LogP contribution in [0.25, 0.3) is 0 Å². The van der Waals surface area contributed by atoms with Crippen molar-refractivity contribution in [2.75, 3.05) is 5.75 Å². The lowest BCUT2D eigenvalue weighted by Gasteiger charge is -2.18. The van der Waals surface area contributed by atoms with Gasteiger partial charge in [0.25, 0.3) is 0 Å². The molecule has 0 fully saturated rings. The van der Waals surface area contributed by atoms with Gasteiger partial charge in [-0.25, -0.2) is 8.42 Å². The second-order valence-corrected chi connectivity index (χ2v) is 8.68. The summed E-state index contributed by atoms with van der Waals surface area (Å²) in [6.07, 6.45) is 1.20. The number of nitrogens with one attached hydrogen (secondary N) is 1. The molecule has 0 heterocycles. The monoisotopic (exact) mass is 359 g/mol. The van der Waals surface area contributed by atoms with Crippen molar-refractivity contribution in [2.24, 2.45) is 0 Å². The van der Waals surface area contributed by atoms with Gasteiger partial charge in [0.1, 0.15) is 5.25 Å². The first kappa shape index (κ1) is 19.2. The standard InChI is InChI=1S/C20H25NO3S/c1-16(19-13-7-4-8-14-19)21-20(22)17(2)25(23,24)15-9-12-18-10-5-3-6-11-18/h3-8,10-11,13-14,16-17H,9,12,15H2,1-2H3,(H,21,22)/t16-,17+/m1/s1. The summed E-state index contributed by atoms with van der Waals surface area (Å²) in [6.45, 7) is 3.31. The first-order valence-corrected chi connectivity index (χ1v) is 10.2. The molecule has 2 atom stereocenters. The Morgan fingerprint density at radius 3 is 2.12 bits per heavy atom. The Bertz CT molecular complexity index is 773. The Balaban J connectivity index is 1.88. The van der Waals surface area contributed by atoms with Gasteiger partial charge in [0.2, 0.25) is 5.91 Å². The molecule has 0 saturated heterocycles. The van der Waals surface area contributed by atoms with Crippen molar-refractivity contribution in [1.82, 2.24) is 5.32 Å². The highest BCUT2D eigenvalue weighted by atomic mass is 32.2. The SMILES string of the molecule is C[C@@H](NC(=O)[C@H](C)S(=O)(=O)CCCc1ccccc1)c1ccccc1. The fourth-order valence-electron chi connectivity index (χ4n) is 2.62. The van der Waals surface area contributed by atoms with Crippen LogP contribution in [-0.4, -0.2) is 25.3 Å². The molecular formula is C20H25NO3S. The molecule has 0 bridgehead atoms. The zero-order chi connectivity index (χ0) is 18.3. The Hall–Kier alpha value is -2.14. The van der Waals surface area contributed by atoms with Crippen molar-refractivity contribution in [3.05, 3.63) is 71.8 Å². The number of amides is 1. The van der Waals surface area contributed by atoms with Crippen molar-refractivity contribution in [2.45, 2.75) is 38.0 Å². The number of hydrogen-bond acceptors (Lipinski definition) is 3. The number of aryl methyl sites for hydroxylation is 1. The van der Waals surface area contributed by atoms with Crippen LogP contribution in [0.3, 0.4) is 0 Å². The van der Waals surface area contributed by atoms with Crippen molar-refractivity contribution in [3.8, 4) is 0 Å². The lowest BCUT2D eigenvalue weighted by molar-refractivity contribution is -0.121. The summed E-state index contributed by atoms with van der Waals surface area (Å²) in [5, 5.41) is 1.75. The third kappa shape index (κ3) is 5.71. The van der Waals surface area contributed by atoms with Gasteiger partial charge in [-0.15, -0.1) is 0 Å². The first-order chi connectivity index (χ1) is 11.9. The van der Waals surface area contributed by atoms with Gasteiger partial charge in [-0.1, -0.05) is 60.7 Å². The van der Waals surface area contributed by atoms with Gasteiger partial charge in [0.05, 0.1) is 11.8 Å². The third-order valence-electron chi connectivity index (χ3n) is 4.30. The predicted octanol–water partition coefficient (Wildman–Crippen LogP) is 3.30. The molecule has 0 unspecified atom stereocenters. The molecule has 2 aromatic carbocycles. The predicted molar refractivity (Wildman–Crippen MR) is 101 cm³/mol. The molecule has 2 aromatic rings. The van der Waals surface area contributed by atoms with Crippen molar-refractivity contribution in [3.63, 3.8) is 0 Å². The number of carbonyl (C=O) groups is 1.